The number of nitrogens with zero attached hydrogens (tertiary/aromatic N) is 3. The normalized spacial score (nSPS) is 39.2. The molecule has 2 aliphatic heterocycles. The molecule has 16 heteroatoms. The summed E-state index contributed by atoms with van der Waals surface area (Å²) in [5.41, 5.74) is 0. The molecule has 10 atom stereocenters. The summed E-state index contributed by atoms with van der Waals surface area (Å²) in [5, 5.41) is 86.6. The maximum absolute atomic E-state index is 11.4. The Hall–Kier alpha value is -1.44. The van der Waals surface area contributed by atoms with Crippen LogP contribution in [0.1, 0.15) is 6.92 Å². The van der Waals surface area contributed by atoms with Crippen molar-refractivity contribution in [1.82, 2.24) is 10.3 Å². The summed E-state index contributed by atoms with van der Waals surface area (Å²) in [4.78, 5) is -0.0681. The summed E-state index contributed by atoms with van der Waals surface area (Å²) in [6, 6.07) is 0. The Kier molecular flexibility index (Phi) is 11.5. The predicted molar refractivity (Wildman–Crippen MR) is 109 cm³/mol. The van der Waals surface area contributed by atoms with Gasteiger partial charge < -0.3 is 65.3 Å². The molecular weight excluding hydrogens is 464 g/mol. The first-order valence-corrected chi connectivity index (χ1v) is 10.9. The molecule has 2 rings (SSSR count). The highest BCUT2D eigenvalue weighted by atomic mass is 16.7. The number of hydrogen-bond donors (Lipinski definition) is 8. The van der Waals surface area contributed by atoms with E-state index in [9.17, 15) is 30.7 Å². The summed E-state index contributed by atoms with van der Waals surface area (Å²) in [6.45, 7) is 0.890. The van der Waals surface area contributed by atoms with Gasteiger partial charge in [-0.15, -0.1) is 5.01 Å². The summed E-state index contributed by atoms with van der Waals surface area (Å²) in [7, 11) is 1.32. The van der Waals surface area contributed by atoms with Gasteiger partial charge >= 0.3 is 0 Å². The van der Waals surface area contributed by atoms with Crippen molar-refractivity contribution in [3.63, 3.8) is 0 Å². The molecule has 8 N–H and O–H groups in total. The first-order valence-electron chi connectivity index (χ1n) is 10.9. The lowest BCUT2D eigenvalue weighted by Gasteiger charge is -2.46. The van der Waals surface area contributed by atoms with Crippen LogP contribution in [0.25, 0.3) is 0 Å². The Morgan fingerprint density at radius 3 is 2.26 bits per heavy atom. The van der Waals surface area contributed by atoms with Crippen molar-refractivity contribution in [2.75, 3.05) is 46.5 Å². The van der Waals surface area contributed by atoms with E-state index in [0.29, 0.717) is 0 Å². The second-order valence-electron chi connectivity index (χ2n) is 8.09. The van der Waals surface area contributed by atoms with Gasteiger partial charge in [0.25, 0.3) is 0 Å². The van der Waals surface area contributed by atoms with E-state index in [2.05, 4.69) is 10.6 Å². The fourth-order valence-electron chi connectivity index (χ4n) is 3.98. The Labute approximate surface area is 196 Å². The van der Waals surface area contributed by atoms with Crippen molar-refractivity contribution in [3.8, 4) is 0 Å². The topological polar surface area (TPSA) is 232 Å². The number of rotatable bonds is 12. The summed E-state index contributed by atoms with van der Waals surface area (Å²) in [6.07, 6.45) is -12.1. The highest BCUT2D eigenvalue weighted by Crippen LogP contribution is 2.29. The molecule has 0 saturated carbocycles. The van der Waals surface area contributed by atoms with Gasteiger partial charge in [-0.25, -0.2) is 0 Å². The molecule has 0 amide bonds. The molecule has 200 valence electrons. The van der Waals surface area contributed by atoms with Crippen LogP contribution in [0.4, 0.5) is 0 Å². The smallest absolute Gasteiger partial charge is 0.230 e. The van der Waals surface area contributed by atoms with Crippen LogP contribution in [0.3, 0.4) is 0 Å². The molecule has 0 spiro atoms. The van der Waals surface area contributed by atoms with Crippen LogP contribution in [-0.4, -0.2) is 154 Å². The lowest BCUT2D eigenvalue weighted by molar-refractivity contribution is -0.709. The van der Waals surface area contributed by atoms with Gasteiger partial charge in [-0.2, -0.15) is 0 Å². The molecule has 1 unspecified atom stereocenters. The zero-order valence-corrected chi connectivity index (χ0v) is 19.0. The molecule has 34 heavy (non-hydrogen) atoms. The second-order valence-corrected chi connectivity index (χ2v) is 8.09. The van der Waals surface area contributed by atoms with Gasteiger partial charge in [0.05, 0.1) is 30.8 Å². The molecule has 0 aromatic carbocycles. The van der Waals surface area contributed by atoms with E-state index in [1.807, 2.05) is 0 Å². The van der Waals surface area contributed by atoms with Gasteiger partial charge in [-0.05, 0) is 6.92 Å². The Morgan fingerprint density at radius 1 is 1.00 bits per heavy atom. The minimum Gasteiger partial charge on any atom is -0.569 e. The van der Waals surface area contributed by atoms with E-state index in [1.165, 1.54) is 14.0 Å². The van der Waals surface area contributed by atoms with Crippen molar-refractivity contribution in [2.45, 2.75) is 68.1 Å². The van der Waals surface area contributed by atoms with E-state index in [1.54, 1.807) is 0 Å². The van der Waals surface area contributed by atoms with Gasteiger partial charge in [-0.3, -0.25) is 0 Å². The van der Waals surface area contributed by atoms with Crippen molar-refractivity contribution < 1.29 is 59.8 Å². The molecular formula is C18H36N4O12. The largest absolute Gasteiger partial charge is 0.569 e. The fourth-order valence-corrected chi connectivity index (χ4v) is 3.98. The minimum atomic E-state index is -1.58. The Morgan fingerprint density at radius 2 is 1.68 bits per heavy atom. The van der Waals surface area contributed by atoms with Gasteiger partial charge in [0.1, 0.15) is 55.4 Å². The van der Waals surface area contributed by atoms with Gasteiger partial charge in [-0.1, -0.05) is 0 Å². The second kappa shape index (κ2) is 13.6. The monoisotopic (exact) mass is 500 g/mol. The summed E-state index contributed by atoms with van der Waals surface area (Å²) >= 11 is 0. The first-order chi connectivity index (χ1) is 16.2. The molecule has 0 aromatic heterocycles. The van der Waals surface area contributed by atoms with Gasteiger partial charge in [0.15, 0.2) is 6.29 Å². The molecule has 0 radical (unpaired) electrons. The third-order valence-corrected chi connectivity index (χ3v) is 5.88. The first kappa shape index (κ1) is 28.8. The molecule has 2 heterocycles. The van der Waals surface area contributed by atoms with Crippen molar-refractivity contribution in [1.29, 1.82) is 0 Å². The van der Waals surface area contributed by atoms with E-state index in [0.717, 1.165) is 5.01 Å². The maximum Gasteiger partial charge on any atom is 0.230 e. The van der Waals surface area contributed by atoms with Crippen LogP contribution < -0.4 is 5.32 Å². The lowest BCUT2D eigenvalue weighted by atomic mass is 9.95. The average Bonchev–Trinajstić information content (AvgIpc) is 2.83. The van der Waals surface area contributed by atoms with Gasteiger partial charge in [0, 0.05) is 20.2 Å². The molecule has 2 saturated heterocycles. The van der Waals surface area contributed by atoms with Crippen LogP contribution in [0.2, 0.25) is 0 Å². The highest BCUT2D eigenvalue weighted by Gasteiger charge is 2.50. The highest BCUT2D eigenvalue weighted by molar-refractivity contribution is 4.95. The third-order valence-electron chi connectivity index (χ3n) is 5.88. The van der Waals surface area contributed by atoms with Gasteiger partial charge in [0.2, 0.25) is 5.28 Å². The standard InChI is InChI=1S/C18H36N4O12/c1-9-12(25)13(26)17(11(8-24)32-9)34-18-15(28)14(27)16(31-2)10(33-18)7-19-3-4-21(5-6-23)22(30)20-29/h9-19,23-29H,3-8H2,1-2H3/b22-20-/t9-,10-,11-,12+,13-,14-,15-,16-,17?,18-/m1/s1. The fraction of sp³-hybridized carbons (Fsp3) is 1.00. The van der Waals surface area contributed by atoms with Crippen molar-refractivity contribution in [3.05, 3.63) is 5.21 Å². The van der Waals surface area contributed by atoms with E-state index >= 15 is 0 Å². The average molecular weight is 501 g/mol. The molecule has 0 aliphatic carbocycles. The number of nitrogens with one attached hydrogen (secondary N) is 1. The molecule has 2 aliphatic rings. The van der Waals surface area contributed by atoms with E-state index in [4.69, 9.17) is 29.3 Å². The van der Waals surface area contributed by atoms with Crippen molar-refractivity contribution >= 4 is 0 Å². The Balaban J connectivity index is 2.02. The number of aliphatic hydroxyl groups is 6. The van der Waals surface area contributed by atoms with Crippen LogP contribution in [-0.2, 0) is 18.9 Å². The maximum atomic E-state index is 11.4. The quantitative estimate of drug-likeness (QED) is 0.0546. The van der Waals surface area contributed by atoms with Crippen LogP contribution in [0.5, 0.6) is 0 Å². The summed E-state index contributed by atoms with van der Waals surface area (Å²) in [5.74, 6) is 0. The van der Waals surface area contributed by atoms with E-state index in [-0.39, 0.29) is 37.8 Å². The zero-order chi connectivity index (χ0) is 25.4. The van der Waals surface area contributed by atoms with Crippen LogP contribution >= 0.6 is 0 Å². The van der Waals surface area contributed by atoms with Crippen LogP contribution in [0.15, 0.2) is 5.28 Å². The third kappa shape index (κ3) is 6.82. The number of ether oxygens (including phenoxy) is 4. The summed E-state index contributed by atoms with van der Waals surface area (Å²) < 4.78 is 22.1. The minimum absolute atomic E-state index is 0.0590. The molecule has 16 nitrogen and oxygen atoms in total. The lowest BCUT2D eigenvalue weighted by Crippen LogP contribution is -2.65. The van der Waals surface area contributed by atoms with Crippen molar-refractivity contribution in [2.24, 2.45) is 5.28 Å². The number of hydrogen-bond acceptors (Lipinski definition) is 13. The molecule has 2 fully saturated rings. The Bertz CT molecular complexity index is 632. The SMILES string of the molecule is CO[C@H]1[C@H](O)[C@@H](O)[C@@H](OC2[C@@H](CO)O[C@H](C)[C@H](O)[C@H]2O)O[C@@H]1CNCCN(CCO)/[N+]([O-])=N/O. The molecule has 0 aromatic rings. The predicted octanol–water partition coefficient (Wildman–Crippen LogP) is -4.51. The van der Waals surface area contributed by atoms with Crippen LogP contribution in [0, 0.1) is 5.21 Å². The number of aliphatic hydroxyl groups excluding tert-OH is 6. The number of hydrazine groups is 1. The zero-order valence-electron chi connectivity index (χ0n) is 19.0. The molecule has 0 bridgehead atoms. The number of methoxy groups -OCH3 is 1. The van der Waals surface area contributed by atoms with E-state index < -0.39 is 67.8 Å².